The Morgan fingerprint density at radius 3 is 2.40 bits per heavy atom. The molecule has 5 nitrogen and oxygen atoms in total. The molecule has 0 radical (unpaired) electrons. The van der Waals surface area contributed by atoms with Gasteiger partial charge < -0.3 is 15.7 Å². The quantitative estimate of drug-likeness (QED) is 0.678. The van der Waals surface area contributed by atoms with Crippen LogP contribution in [0.15, 0.2) is 12.4 Å². The summed E-state index contributed by atoms with van der Waals surface area (Å²) in [5.41, 5.74) is -0.754. The van der Waals surface area contributed by atoms with Crippen molar-refractivity contribution in [3.8, 4) is 0 Å². The Hall–Kier alpha value is -1.36. The molecule has 1 heterocycles. The van der Waals surface area contributed by atoms with Gasteiger partial charge in [0.1, 0.15) is 11.6 Å². The third-order valence-electron chi connectivity index (χ3n) is 1.69. The lowest BCUT2D eigenvalue weighted by Crippen LogP contribution is -2.29. The van der Waals surface area contributed by atoms with Gasteiger partial charge in [0.05, 0.1) is 18.0 Å². The van der Waals surface area contributed by atoms with Gasteiger partial charge in [-0.25, -0.2) is 4.98 Å². The highest BCUT2D eigenvalue weighted by Gasteiger charge is 2.11. The highest BCUT2D eigenvalue weighted by atomic mass is 16.3. The van der Waals surface area contributed by atoms with Gasteiger partial charge in [-0.1, -0.05) is 0 Å². The normalized spacial score (nSPS) is 11.2. The molecule has 0 aliphatic carbocycles. The van der Waals surface area contributed by atoms with Crippen LogP contribution in [0.3, 0.4) is 0 Å². The van der Waals surface area contributed by atoms with E-state index < -0.39 is 5.60 Å². The molecule has 3 N–H and O–H groups in total. The van der Waals surface area contributed by atoms with Crippen LogP contribution in [0, 0.1) is 0 Å². The molecule has 0 unspecified atom stereocenters. The topological polar surface area (TPSA) is 70.1 Å². The number of aliphatic hydroxyl groups is 1. The van der Waals surface area contributed by atoms with Gasteiger partial charge in [0.15, 0.2) is 0 Å². The Labute approximate surface area is 90.0 Å². The maximum atomic E-state index is 9.53. The molecule has 0 aliphatic heterocycles. The lowest BCUT2D eigenvalue weighted by Gasteiger charge is -2.18. The van der Waals surface area contributed by atoms with E-state index in [1.807, 2.05) is 6.92 Å². The zero-order valence-electron chi connectivity index (χ0n) is 9.41. The van der Waals surface area contributed by atoms with Crippen molar-refractivity contribution in [3.05, 3.63) is 12.4 Å². The molecular formula is C10H18N4O. The monoisotopic (exact) mass is 210 g/mol. The second kappa shape index (κ2) is 4.93. The molecule has 5 heteroatoms. The van der Waals surface area contributed by atoms with Crippen molar-refractivity contribution in [2.24, 2.45) is 0 Å². The van der Waals surface area contributed by atoms with Crippen molar-refractivity contribution in [3.63, 3.8) is 0 Å². The standard InChI is InChI=1S/C10H18N4O/c1-4-12-8-5-11-6-9(14-8)13-7-10(2,3)15/h5-6,15H,4,7H2,1-3H3,(H2,12,13,14). The van der Waals surface area contributed by atoms with Crippen LogP contribution >= 0.6 is 0 Å². The van der Waals surface area contributed by atoms with Gasteiger partial charge in [-0.05, 0) is 20.8 Å². The predicted molar refractivity (Wildman–Crippen MR) is 61.0 cm³/mol. The van der Waals surface area contributed by atoms with Gasteiger partial charge in [-0.15, -0.1) is 0 Å². The molecule has 0 bridgehead atoms. The smallest absolute Gasteiger partial charge is 0.147 e. The van der Waals surface area contributed by atoms with Crippen LogP contribution in [0.4, 0.5) is 11.6 Å². The van der Waals surface area contributed by atoms with Gasteiger partial charge >= 0.3 is 0 Å². The number of hydrogen-bond acceptors (Lipinski definition) is 5. The van der Waals surface area contributed by atoms with Gasteiger partial charge in [0.2, 0.25) is 0 Å². The molecule has 0 spiro atoms. The molecule has 0 amide bonds. The lowest BCUT2D eigenvalue weighted by molar-refractivity contribution is 0.0944. The molecule has 1 aromatic rings. The fraction of sp³-hybridized carbons (Fsp3) is 0.600. The maximum absolute atomic E-state index is 9.53. The molecule has 0 atom stereocenters. The summed E-state index contributed by atoms with van der Waals surface area (Å²) in [6, 6.07) is 0. The van der Waals surface area contributed by atoms with E-state index in [0.29, 0.717) is 12.4 Å². The van der Waals surface area contributed by atoms with Crippen molar-refractivity contribution >= 4 is 11.6 Å². The summed E-state index contributed by atoms with van der Waals surface area (Å²) >= 11 is 0. The van der Waals surface area contributed by atoms with E-state index in [1.54, 1.807) is 26.2 Å². The van der Waals surface area contributed by atoms with Crippen molar-refractivity contribution in [1.29, 1.82) is 0 Å². The van der Waals surface area contributed by atoms with E-state index in [1.165, 1.54) is 0 Å². The van der Waals surface area contributed by atoms with Crippen molar-refractivity contribution in [1.82, 2.24) is 9.97 Å². The first-order valence-electron chi connectivity index (χ1n) is 5.03. The highest BCUT2D eigenvalue weighted by Crippen LogP contribution is 2.08. The minimum atomic E-state index is -0.754. The summed E-state index contributed by atoms with van der Waals surface area (Å²) in [7, 11) is 0. The van der Waals surface area contributed by atoms with Crippen LogP contribution < -0.4 is 10.6 Å². The molecule has 0 saturated heterocycles. The number of rotatable bonds is 5. The third kappa shape index (κ3) is 4.60. The Kier molecular flexibility index (Phi) is 3.85. The third-order valence-corrected chi connectivity index (χ3v) is 1.69. The number of hydrogen-bond donors (Lipinski definition) is 3. The van der Waals surface area contributed by atoms with Gasteiger partial charge in [0.25, 0.3) is 0 Å². The minimum absolute atomic E-state index is 0.442. The first kappa shape index (κ1) is 11.7. The van der Waals surface area contributed by atoms with Crippen LogP contribution in [0.1, 0.15) is 20.8 Å². The zero-order chi connectivity index (χ0) is 11.3. The molecular weight excluding hydrogens is 192 g/mol. The average Bonchev–Trinajstić information content (AvgIpc) is 2.15. The lowest BCUT2D eigenvalue weighted by atomic mass is 10.1. The SMILES string of the molecule is CCNc1cncc(NCC(C)(C)O)n1. The molecule has 0 aromatic carbocycles. The predicted octanol–water partition coefficient (Wildman–Crippen LogP) is 1.09. The summed E-state index contributed by atoms with van der Waals surface area (Å²) in [6.45, 7) is 6.72. The first-order valence-corrected chi connectivity index (χ1v) is 5.03. The summed E-state index contributed by atoms with van der Waals surface area (Å²) < 4.78 is 0. The van der Waals surface area contributed by atoms with Crippen molar-refractivity contribution < 1.29 is 5.11 Å². The maximum Gasteiger partial charge on any atom is 0.147 e. The van der Waals surface area contributed by atoms with Crippen LogP contribution in [-0.4, -0.2) is 33.8 Å². The largest absolute Gasteiger partial charge is 0.389 e. The first-order chi connectivity index (χ1) is 7.01. The van der Waals surface area contributed by atoms with Crippen LogP contribution in [-0.2, 0) is 0 Å². The van der Waals surface area contributed by atoms with Crippen LogP contribution in [0.2, 0.25) is 0 Å². The highest BCUT2D eigenvalue weighted by molar-refractivity contribution is 5.41. The molecule has 1 aromatic heterocycles. The van der Waals surface area contributed by atoms with E-state index in [4.69, 9.17) is 0 Å². The number of nitrogens with one attached hydrogen (secondary N) is 2. The Bertz CT molecular complexity index is 309. The number of nitrogens with zero attached hydrogens (tertiary/aromatic N) is 2. The second-order valence-corrected chi connectivity index (χ2v) is 3.99. The van der Waals surface area contributed by atoms with Crippen molar-refractivity contribution in [2.75, 3.05) is 23.7 Å². The Morgan fingerprint density at radius 2 is 1.87 bits per heavy atom. The Balaban J connectivity index is 2.57. The summed E-state index contributed by atoms with van der Waals surface area (Å²) in [4.78, 5) is 8.30. The molecule has 84 valence electrons. The summed E-state index contributed by atoms with van der Waals surface area (Å²) in [6.07, 6.45) is 3.30. The summed E-state index contributed by atoms with van der Waals surface area (Å²) in [5, 5.41) is 15.6. The molecule has 0 fully saturated rings. The zero-order valence-corrected chi connectivity index (χ0v) is 9.41. The molecule has 1 rings (SSSR count). The van der Waals surface area contributed by atoms with Crippen LogP contribution in [0.25, 0.3) is 0 Å². The van der Waals surface area contributed by atoms with Crippen LogP contribution in [0.5, 0.6) is 0 Å². The van der Waals surface area contributed by atoms with E-state index >= 15 is 0 Å². The molecule has 0 aliphatic rings. The van der Waals surface area contributed by atoms with E-state index in [0.717, 1.165) is 12.4 Å². The van der Waals surface area contributed by atoms with Gasteiger partial charge in [0, 0.05) is 13.1 Å². The van der Waals surface area contributed by atoms with Gasteiger partial charge in [-0.2, -0.15) is 0 Å². The average molecular weight is 210 g/mol. The second-order valence-electron chi connectivity index (χ2n) is 3.99. The number of aromatic nitrogens is 2. The van der Waals surface area contributed by atoms with E-state index in [9.17, 15) is 5.11 Å². The fourth-order valence-electron chi connectivity index (χ4n) is 1.02. The van der Waals surface area contributed by atoms with Crippen molar-refractivity contribution in [2.45, 2.75) is 26.4 Å². The summed E-state index contributed by atoms with van der Waals surface area (Å²) in [5.74, 6) is 1.40. The number of anilines is 2. The molecule has 0 saturated carbocycles. The van der Waals surface area contributed by atoms with Gasteiger partial charge in [-0.3, -0.25) is 4.98 Å². The van der Waals surface area contributed by atoms with E-state index in [2.05, 4.69) is 20.6 Å². The Morgan fingerprint density at radius 1 is 1.27 bits per heavy atom. The fourth-order valence-corrected chi connectivity index (χ4v) is 1.02. The minimum Gasteiger partial charge on any atom is -0.389 e. The molecule has 15 heavy (non-hydrogen) atoms. The van der Waals surface area contributed by atoms with E-state index in [-0.39, 0.29) is 0 Å².